The third kappa shape index (κ3) is 4.67. The molecule has 0 fully saturated rings. The summed E-state index contributed by atoms with van der Waals surface area (Å²) < 4.78 is 26.1. The standard InChI is InChI=1S/C17H20N2O4S2/c1-3-19(25(22,23)15-6-4-13(2)5-7-15)16(20)8-10-18-17(21)14-9-11-24-12-14/h4-7,9,11-12H,3,8,10H2,1-2H3,(H,18,21). The van der Waals surface area contributed by atoms with Gasteiger partial charge in [0.2, 0.25) is 5.91 Å². The molecule has 8 heteroatoms. The van der Waals surface area contributed by atoms with Crippen molar-refractivity contribution in [1.82, 2.24) is 9.62 Å². The van der Waals surface area contributed by atoms with Crippen LogP contribution in [0.1, 0.15) is 29.3 Å². The molecule has 0 aliphatic carbocycles. The summed E-state index contributed by atoms with van der Waals surface area (Å²) in [5.74, 6) is -0.827. The minimum absolute atomic E-state index is 0.0352. The fourth-order valence-electron chi connectivity index (χ4n) is 2.22. The zero-order valence-corrected chi connectivity index (χ0v) is 15.7. The summed E-state index contributed by atoms with van der Waals surface area (Å²) >= 11 is 1.40. The maximum Gasteiger partial charge on any atom is 0.266 e. The van der Waals surface area contributed by atoms with E-state index in [1.165, 1.54) is 23.5 Å². The van der Waals surface area contributed by atoms with Crippen molar-refractivity contribution in [3.05, 3.63) is 52.2 Å². The Labute approximate surface area is 151 Å². The van der Waals surface area contributed by atoms with Gasteiger partial charge in [-0.1, -0.05) is 17.7 Å². The zero-order chi connectivity index (χ0) is 18.4. The Morgan fingerprint density at radius 2 is 1.84 bits per heavy atom. The Bertz CT molecular complexity index is 828. The predicted octanol–water partition coefficient (Wildman–Crippen LogP) is 2.41. The lowest BCUT2D eigenvalue weighted by molar-refractivity contribution is -0.126. The zero-order valence-electron chi connectivity index (χ0n) is 14.1. The number of hydrogen-bond acceptors (Lipinski definition) is 5. The van der Waals surface area contributed by atoms with Crippen LogP contribution in [0.25, 0.3) is 0 Å². The van der Waals surface area contributed by atoms with E-state index in [0.717, 1.165) is 9.87 Å². The van der Waals surface area contributed by atoms with Gasteiger partial charge in [-0.25, -0.2) is 12.7 Å². The normalized spacial score (nSPS) is 11.1. The Hall–Kier alpha value is -2.19. The summed E-state index contributed by atoms with van der Waals surface area (Å²) in [6, 6.07) is 8.03. The van der Waals surface area contributed by atoms with Crippen LogP contribution in [-0.4, -0.2) is 37.6 Å². The maximum atomic E-state index is 12.6. The van der Waals surface area contributed by atoms with Crippen LogP contribution < -0.4 is 5.32 Å². The molecule has 2 rings (SSSR count). The van der Waals surface area contributed by atoms with E-state index in [2.05, 4.69) is 5.32 Å². The molecule has 0 spiro atoms. The molecular formula is C17H20N2O4S2. The van der Waals surface area contributed by atoms with Crippen LogP contribution in [0.4, 0.5) is 0 Å². The number of aryl methyl sites for hydroxylation is 1. The van der Waals surface area contributed by atoms with E-state index in [4.69, 9.17) is 0 Å². The van der Waals surface area contributed by atoms with Crippen molar-refractivity contribution in [2.45, 2.75) is 25.2 Å². The first-order valence-electron chi connectivity index (χ1n) is 7.79. The number of amides is 2. The van der Waals surface area contributed by atoms with Crippen LogP contribution in [0, 0.1) is 6.92 Å². The summed E-state index contributed by atoms with van der Waals surface area (Å²) in [7, 11) is -3.89. The van der Waals surface area contributed by atoms with E-state index in [-0.39, 0.29) is 30.3 Å². The average molecular weight is 380 g/mol. The number of rotatable bonds is 7. The highest BCUT2D eigenvalue weighted by molar-refractivity contribution is 7.89. The second-order valence-corrected chi connectivity index (χ2v) is 8.04. The number of sulfonamides is 1. The number of carbonyl (C=O) groups excluding carboxylic acids is 2. The number of benzene rings is 1. The summed E-state index contributed by atoms with van der Waals surface area (Å²) in [5, 5.41) is 6.11. The van der Waals surface area contributed by atoms with Crippen LogP contribution in [0.3, 0.4) is 0 Å². The van der Waals surface area contributed by atoms with Gasteiger partial charge in [0.05, 0.1) is 4.90 Å². The molecule has 0 unspecified atom stereocenters. The monoisotopic (exact) mass is 380 g/mol. The number of carbonyl (C=O) groups is 2. The van der Waals surface area contributed by atoms with Gasteiger partial charge in [-0.05, 0) is 37.4 Å². The van der Waals surface area contributed by atoms with E-state index in [1.807, 2.05) is 6.92 Å². The number of nitrogens with one attached hydrogen (secondary N) is 1. The molecule has 0 aliphatic heterocycles. The van der Waals surface area contributed by atoms with Gasteiger partial charge in [0.15, 0.2) is 0 Å². The maximum absolute atomic E-state index is 12.6. The highest BCUT2D eigenvalue weighted by Crippen LogP contribution is 2.17. The van der Waals surface area contributed by atoms with Crippen molar-refractivity contribution < 1.29 is 18.0 Å². The number of hydrogen-bond donors (Lipinski definition) is 1. The molecule has 1 aromatic heterocycles. The first-order valence-corrected chi connectivity index (χ1v) is 10.2. The molecular weight excluding hydrogens is 360 g/mol. The molecule has 134 valence electrons. The number of nitrogens with zero attached hydrogens (tertiary/aromatic N) is 1. The molecule has 0 saturated carbocycles. The summed E-state index contributed by atoms with van der Waals surface area (Å²) in [6.07, 6.45) is -0.0885. The molecule has 0 atom stereocenters. The summed E-state index contributed by atoms with van der Waals surface area (Å²) in [4.78, 5) is 24.2. The molecule has 1 aromatic carbocycles. The van der Waals surface area contributed by atoms with E-state index in [9.17, 15) is 18.0 Å². The first kappa shape index (κ1) is 19.1. The molecule has 25 heavy (non-hydrogen) atoms. The van der Waals surface area contributed by atoms with Crippen molar-refractivity contribution >= 4 is 33.2 Å². The van der Waals surface area contributed by atoms with Gasteiger partial charge in [0, 0.05) is 30.5 Å². The first-order chi connectivity index (χ1) is 11.9. The van der Waals surface area contributed by atoms with Crippen LogP contribution in [0.2, 0.25) is 0 Å². The van der Waals surface area contributed by atoms with Crippen molar-refractivity contribution in [3.63, 3.8) is 0 Å². The Morgan fingerprint density at radius 1 is 1.16 bits per heavy atom. The van der Waals surface area contributed by atoms with Crippen LogP contribution in [0.15, 0.2) is 46.0 Å². The summed E-state index contributed by atoms with van der Waals surface area (Å²) in [6.45, 7) is 3.57. The second-order valence-electron chi connectivity index (χ2n) is 5.39. The van der Waals surface area contributed by atoms with Crippen molar-refractivity contribution in [2.75, 3.05) is 13.1 Å². The van der Waals surface area contributed by atoms with Gasteiger partial charge in [-0.2, -0.15) is 11.3 Å². The van der Waals surface area contributed by atoms with Crippen LogP contribution in [0.5, 0.6) is 0 Å². The smallest absolute Gasteiger partial charge is 0.266 e. The Balaban J connectivity index is 2.00. The predicted molar refractivity (Wildman–Crippen MR) is 97.0 cm³/mol. The lowest BCUT2D eigenvalue weighted by Crippen LogP contribution is -2.38. The summed E-state index contributed by atoms with van der Waals surface area (Å²) in [5.41, 5.74) is 1.46. The van der Waals surface area contributed by atoms with Gasteiger partial charge in [0.25, 0.3) is 15.9 Å². The molecule has 0 bridgehead atoms. The van der Waals surface area contributed by atoms with Crippen LogP contribution in [-0.2, 0) is 14.8 Å². The molecule has 6 nitrogen and oxygen atoms in total. The molecule has 1 heterocycles. The van der Waals surface area contributed by atoms with Crippen LogP contribution >= 0.6 is 11.3 Å². The molecule has 0 radical (unpaired) electrons. The topological polar surface area (TPSA) is 83.6 Å². The largest absolute Gasteiger partial charge is 0.351 e. The third-order valence-corrected chi connectivity index (χ3v) is 6.18. The Kier molecular flexibility index (Phi) is 6.33. The van der Waals surface area contributed by atoms with Crippen molar-refractivity contribution in [1.29, 1.82) is 0 Å². The van der Waals surface area contributed by atoms with E-state index in [1.54, 1.807) is 35.9 Å². The Morgan fingerprint density at radius 3 is 2.40 bits per heavy atom. The van der Waals surface area contributed by atoms with Gasteiger partial charge >= 0.3 is 0 Å². The van der Waals surface area contributed by atoms with Gasteiger partial charge in [0.1, 0.15) is 0 Å². The quantitative estimate of drug-likeness (QED) is 0.799. The van der Waals surface area contributed by atoms with Crippen molar-refractivity contribution in [3.8, 4) is 0 Å². The fourth-order valence-corrected chi connectivity index (χ4v) is 4.29. The SMILES string of the molecule is CCN(C(=O)CCNC(=O)c1ccsc1)S(=O)(=O)c1ccc(C)cc1. The minimum Gasteiger partial charge on any atom is -0.351 e. The minimum atomic E-state index is -3.89. The lowest BCUT2D eigenvalue weighted by atomic mass is 10.2. The number of thiophene rings is 1. The van der Waals surface area contributed by atoms with Gasteiger partial charge in [-0.3, -0.25) is 9.59 Å². The highest BCUT2D eigenvalue weighted by Gasteiger charge is 2.27. The molecule has 1 N–H and O–H groups in total. The second kappa shape index (κ2) is 8.26. The van der Waals surface area contributed by atoms with E-state index < -0.39 is 15.9 Å². The fraction of sp³-hybridized carbons (Fsp3) is 0.294. The average Bonchev–Trinajstić information content (AvgIpc) is 3.10. The lowest BCUT2D eigenvalue weighted by Gasteiger charge is -2.21. The van der Waals surface area contributed by atoms with Gasteiger partial charge < -0.3 is 5.32 Å². The molecule has 0 aliphatic rings. The molecule has 2 aromatic rings. The molecule has 2 amide bonds. The van der Waals surface area contributed by atoms with Gasteiger partial charge in [-0.15, -0.1) is 0 Å². The highest BCUT2D eigenvalue weighted by atomic mass is 32.2. The van der Waals surface area contributed by atoms with Crippen molar-refractivity contribution in [2.24, 2.45) is 0 Å². The third-order valence-electron chi connectivity index (χ3n) is 3.58. The molecule has 0 saturated heterocycles. The van der Waals surface area contributed by atoms with E-state index in [0.29, 0.717) is 5.56 Å². The van der Waals surface area contributed by atoms with E-state index >= 15 is 0 Å².